The van der Waals surface area contributed by atoms with Gasteiger partial charge >= 0.3 is 0 Å². The number of aliphatic hydroxyl groups excluding tert-OH is 1. The van der Waals surface area contributed by atoms with Gasteiger partial charge in [-0.05, 0) is 5.53 Å². The van der Waals surface area contributed by atoms with Crippen LogP contribution in [0.1, 0.15) is 6.42 Å². The average Bonchev–Trinajstić information content (AvgIpc) is 2.56. The Morgan fingerprint density at radius 2 is 2.00 bits per heavy atom. The van der Waals surface area contributed by atoms with E-state index < -0.39 is 29.9 Å². The Morgan fingerprint density at radius 3 is 2.56 bits per heavy atom. The number of azide groups is 1. The van der Waals surface area contributed by atoms with Crippen molar-refractivity contribution in [2.75, 3.05) is 26.9 Å². The molecule has 1 aromatic rings. The molecule has 0 aromatic heterocycles. The fourth-order valence-corrected chi connectivity index (χ4v) is 2.02. The summed E-state index contributed by atoms with van der Waals surface area (Å²) >= 11 is 0. The van der Waals surface area contributed by atoms with Crippen LogP contribution in [0.3, 0.4) is 0 Å². The molecular formula is C16H21F2N3O4. The van der Waals surface area contributed by atoms with Gasteiger partial charge in [0, 0.05) is 36.6 Å². The van der Waals surface area contributed by atoms with Gasteiger partial charge in [-0.25, -0.2) is 8.78 Å². The molecule has 138 valence electrons. The molecule has 0 saturated heterocycles. The predicted molar refractivity (Wildman–Crippen MR) is 87.2 cm³/mol. The van der Waals surface area contributed by atoms with Crippen LogP contribution < -0.4 is 4.74 Å². The second-order valence-electron chi connectivity index (χ2n) is 5.18. The van der Waals surface area contributed by atoms with Crippen molar-refractivity contribution in [2.24, 2.45) is 5.11 Å². The van der Waals surface area contributed by atoms with Crippen LogP contribution in [0.4, 0.5) is 8.78 Å². The van der Waals surface area contributed by atoms with Crippen LogP contribution in [-0.4, -0.2) is 50.3 Å². The minimum atomic E-state index is -1.09. The molecular weight excluding hydrogens is 336 g/mol. The van der Waals surface area contributed by atoms with E-state index in [1.54, 1.807) is 6.08 Å². The number of ether oxygens (including phenoxy) is 3. The zero-order chi connectivity index (χ0) is 18.7. The van der Waals surface area contributed by atoms with Crippen LogP contribution in [-0.2, 0) is 9.47 Å². The van der Waals surface area contributed by atoms with E-state index >= 15 is 0 Å². The molecule has 0 aliphatic carbocycles. The van der Waals surface area contributed by atoms with Crippen molar-refractivity contribution in [3.05, 3.63) is 52.9 Å². The predicted octanol–water partition coefficient (Wildman–Crippen LogP) is 2.99. The fourth-order valence-electron chi connectivity index (χ4n) is 2.02. The van der Waals surface area contributed by atoms with E-state index in [9.17, 15) is 13.9 Å². The van der Waals surface area contributed by atoms with Gasteiger partial charge in [0.1, 0.15) is 17.4 Å². The van der Waals surface area contributed by atoms with Crippen LogP contribution in [0.5, 0.6) is 5.75 Å². The van der Waals surface area contributed by atoms with Gasteiger partial charge in [-0.2, -0.15) is 0 Å². The van der Waals surface area contributed by atoms with Gasteiger partial charge in [-0.15, -0.1) is 6.58 Å². The second kappa shape index (κ2) is 11.4. The first kappa shape index (κ1) is 20.9. The third kappa shape index (κ3) is 7.95. The average molecular weight is 357 g/mol. The number of hydrogen-bond acceptors (Lipinski definition) is 5. The third-order valence-corrected chi connectivity index (χ3v) is 3.28. The lowest BCUT2D eigenvalue weighted by molar-refractivity contribution is -0.0188. The molecule has 0 amide bonds. The van der Waals surface area contributed by atoms with Crippen molar-refractivity contribution in [1.29, 1.82) is 0 Å². The summed E-state index contributed by atoms with van der Waals surface area (Å²) in [4.78, 5) is 2.66. The van der Waals surface area contributed by atoms with Crippen LogP contribution in [0.25, 0.3) is 10.4 Å². The summed E-state index contributed by atoms with van der Waals surface area (Å²) in [5.41, 5.74) is 8.64. The normalized spacial score (nSPS) is 14.2. The summed E-state index contributed by atoms with van der Waals surface area (Å²) in [6.45, 7) is 3.83. The van der Waals surface area contributed by atoms with Gasteiger partial charge < -0.3 is 19.3 Å². The highest BCUT2D eigenvalue weighted by Gasteiger charge is 2.23. The van der Waals surface area contributed by atoms with E-state index in [2.05, 4.69) is 16.6 Å². The number of hydrogen-bond donors (Lipinski definition) is 1. The van der Waals surface area contributed by atoms with Gasteiger partial charge in [-0.1, -0.05) is 11.2 Å². The first-order valence-electron chi connectivity index (χ1n) is 7.52. The zero-order valence-electron chi connectivity index (χ0n) is 13.8. The lowest BCUT2D eigenvalue weighted by atomic mass is 10.1. The maximum Gasteiger partial charge on any atom is 0.129 e. The third-order valence-electron chi connectivity index (χ3n) is 3.28. The fraction of sp³-hybridized carbons (Fsp3) is 0.500. The minimum absolute atomic E-state index is 0.0690. The van der Waals surface area contributed by atoms with Crippen molar-refractivity contribution in [3.63, 3.8) is 0 Å². The van der Waals surface area contributed by atoms with Gasteiger partial charge in [-0.3, -0.25) is 0 Å². The maximum atomic E-state index is 13.1. The Kier molecular flexibility index (Phi) is 9.49. The topological polar surface area (TPSA) is 96.7 Å². The smallest absolute Gasteiger partial charge is 0.129 e. The summed E-state index contributed by atoms with van der Waals surface area (Å²) in [6, 6.07) is 1.72. The number of rotatable bonds is 12. The summed E-state index contributed by atoms with van der Waals surface area (Å²) < 4.78 is 42.0. The Hall–Kier alpha value is -2.19. The Balaban J connectivity index is 2.64. The molecule has 0 unspecified atom stereocenters. The maximum absolute atomic E-state index is 13.1. The number of halogens is 2. The molecule has 25 heavy (non-hydrogen) atoms. The summed E-state index contributed by atoms with van der Waals surface area (Å²) in [5, 5.41) is 13.7. The molecule has 1 aromatic carbocycles. The van der Waals surface area contributed by atoms with E-state index in [4.69, 9.17) is 19.7 Å². The molecule has 3 atom stereocenters. The van der Waals surface area contributed by atoms with E-state index in [0.29, 0.717) is 12.7 Å². The molecule has 0 spiro atoms. The lowest BCUT2D eigenvalue weighted by Crippen LogP contribution is -2.35. The summed E-state index contributed by atoms with van der Waals surface area (Å²) in [5.74, 6) is -1.66. The Bertz CT molecular complexity index is 576. The number of benzene rings is 1. The van der Waals surface area contributed by atoms with Crippen LogP contribution in [0, 0.1) is 11.6 Å². The van der Waals surface area contributed by atoms with E-state index in [0.717, 1.165) is 12.1 Å². The summed E-state index contributed by atoms with van der Waals surface area (Å²) in [6.07, 6.45) is 0.181. The Labute approximate surface area is 144 Å². The van der Waals surface area contributed by atoms with E-state index in [-0.39, 0.29) is 25.4 Å². The molecule has 9 heteroatoms. The van der Waals surface area contributed by atoms with Crippen LogP contribution >= 0.6 is 0 Å². The molecule has 1 N–H and O–H groups in total. The Morgan fingerprint density at radius 1 is 1.32 bits per heavy atom. The lowest BCUT2D eigenvalue weighted by Gasteiger charge is -2.23. The molecule has 0 saturated carbocycles. The molecule has 0 bridgehead atoms. The second-order valence-corrected chi connectivity index (χ2v) is 5.18. The van der Waals surface area contributed by atoms with Gasteiger partial charge in [0.05, 0.1) is 38.1 Å². The van der Waals surface area contributed by atoms with Crippen LogP contribution in [0.15, 0.2) is 36.0 Å². The molecule has 0 heterocycles. The SMILES string of the molecule is C=CCOC[C@@H](C[C@H](O)[C@H](COc1cc(F)cc(F)c1)N=[N+]=[N-])OC. The molecule has 0 fully saturated rings. The first-order valence-corrected chi connectivity index (χ1v) is 7.52. The quantitative estimate of drug-likeness (QED) is 0.204. The van der Waals surface area contributed by atoms with Crippen molar-refractivity contribution < 1.29 is 28.1 Å². The number of nitrogens with zero attached hydrogens (tertiary/aromatic N) is 3. The number of methoxy groups -OCH3 is 1. The van der Waals surface area contributed by atoms with Crippen LogP contribution in [0.2, 0.25) is 0 Å². The zero-order valence-corrected chi connectivity index (χ0v) is 13.8. The molecule has 7 nitrogen and oxygen atoms in total. The van der Waals surface area contributed by atoms with Gasteiger partial charge in [0.25, 0.3) is 0 Å². The molecule has 1 rings (SSSR count). The summed E-state index contributed by atoms with van der Waals surface area (Å²) in [7, 11) is 1.46. The van der Waals surface area contributed by atoms with E-state index in [1.165, 1.54) is 7.11 Å². The van der Waals surface area contributed by atoms with Gasteiger partial charge in [0.15, 0.2) is 0 Å². The minimum Gasteiger partial charge on any atom is -0.493 e. The highest BCUT2D eigenvalue weighted by molar-refractivity contribution is 5.23. The highest BCUT2D eigenvalue weighted by atomic mass is 19.1. The largest absolute Gasteiger partial charge is 0.493 e. The van der Waals surface area contributed by atoms with Crippen molar-refractivity contribution in [1.82, 2.24) is 0 Å². The monoisotopic (exact) mass is 357 g/mol. The molecule has 0 aliphatic heterocycles. The molecule has 0 radical (unpaired) electrons. The standard InChI is InChI=1S/C16H21F2N3O4/c1-3-4-24-9-14(23-2)8-16(22)15(20-21-19)10-25-13-6-11(17)5-12(18)7-13/h3,5-7,14-16,22H,1,4,8-10H2,2H3/t14-,15+,16+/m1/s1. The molecule has 0 aliphatic rings. The highest BCUT2D eigenvalue weighted by Crippen LogP contribution is 2.17. The van der Waals surface area contributed by atoms with E-state index in [1.807, 2.05) is 0 Å². The number of aliphatic hydroxyl groups is 1. The first-order chi connectivity index (χ1) is 12.0. The van der Waals surface area contributed by atoms with Crippen molar-refractivity contribution >= 4 is 0 Å². The van der Waals surface area contributed by atoms with Crippen molar-refractivity contribution in [3.8, 4) is 5.75 Å². The van der Waals surface area contributed by atoms with Gasteiger partial charge in [0.2, 0.25) is 0 Å². The van der Waals surface area contributed by atoms with Crippen molar-refractivity contribution in [2.45, 2.75) is 24.7 Å².